The monoisotopic (exact) mass is 254 g/mol. The van der Waals surface area contributed by atoms with Gasteiger partial charge in [-0.2, -0.15) is 5.10 Å². The topological polar surface area (TPSA) is 116 Å². The first-order chi connectivity index (χ1) is 8.66. The summed E-state index contributed by atoms with van der Waals surface area (Å²) in [5.74, 6) is -1.66. The Hall–Kier alpha value is -2.09. The zero-order valence-electron chi connectivity index (χ0n) is 9.55. The molecule has 0 spiro atoms. The fourth-order valence-corrected chi connectivity index (χ4v) is 1.72. The summed E-state index contributed by atoms with van der Waals surface area (Å²) >= 11 is 0. The molecule has 0 saturated carbocycles. The van der Waals surface area contributed by atoms with Crippen LogP contribution in [0.1, 0.15) is 5.56 Å². The van der Waals surface area contributed by atoms with Crippen molar-refractivity contribution in [2.45, 2.75) is 12.6 Å². The Labute approximate surface area is 103 Å². The first-order valence-corrected chi connectivity index (χ1v) is 5.49. The van der Waals surface area contributed by atoms with Gasteiger partial charge in [0.15, 0.2) is 0 Å². The van der Waals surface area contributed by atoms with Crippen LogP contribution in [0, 0.1) is 5.92 Å². The number of carbonyl (C=O) groups excluding carboxylic acids is 1. The average molecular weight is 254 g/mol. The van der Waals surface area contributed by atoms with Crippen molar-refractivity contribution in [1.29, 1.82) is 0 Å². The van der Waals surface area contributed by atoms with E-state index in [0.29, 0.717) is 6.54 Å². The van der Waals surface area contributed by atoms with E-state index in [0.717, 1.165) is 5.56 Å². The molecule has 2 unspecified atom stereocenters. The van der Waals surface area contributed by atoms with E-state index in [4.69, 9.17) is 9.84 Å². The maximum Gasteiger partial charge on any atom is 0.315 e. The zero-order chi connectivity index (χ0) is 13.0. The van der Waals surface area contributed by atoms with Gasteiger partial charge in [-0.15, -0.1) is 0 Å². The summed E-state index contributed by atoms with van der Waals surface area (Å²) in [6, 6.07) is -0.912. The molecule has 2 rings (SSSR count). The van der Waals surface area contributed by atoms with Crippen molar-refractivity contribution in [1.82, 2.24) is 20.8 Å². The molecule has 1 fully saturated rings. The highest BCUT2D eigenvalue weighted by Gasteiger charge is 2.34. The molecule has 1 aliphatic rings. The minimum absolute atomic E-state index is 0.127. The Balaban J connectivity index is 1.78. The number of hydrogen-bond acceptors (Lipinski definition) is 4. The van der Waals surface area contributed by atoms with Gasteiger partial charge in [0.25, 0.3) is 0 Å². The molecule has 18 heavy (non-hydrogen) atoms. The van der Waals surface area contributed by atoms with Gasteiger partial charge in [0.2, 0.25) is 0 Å². The van der Waals surface area contributed by atoms with E-state index in [9.17, 15) is 9.59 Å². The lowest BCUT2D eigenvalue weighted by atomic mass is 10.0. The lowest BCUT2D eigenvalue weighted by Crippen LogP contribution is -2.46. The molecule has 1 aromatic heterocycles. The number of carboxylic acid groups (broad SMARTS) is 1. The van der Waals surface area contributed by atoms with Crippen LogP contribution in [-0.2, 0) is 16.1 Å². The molecule has 2 amide bonds. The van der Waals surface area contributed by atoms with Gasteiger partial charge >= 0.3 is 12.0 Å². The second-order valence-electron chi connectivity index (χ2n) is 4.02. The van der Waals surface area contributed by atoms with Crippen molar-refractivity contribution in [2.24, 2.45) is 5.92 Å². The number of nitrogens with zero attached hydrogens (tertiary/aromatic N) is 1. The highest BCUT2D eigenvalue weighted by molar-refractivity contribution is 5.77. The van der Waals surface area contributed by atoms with Crippen LogP contribution in [0.3, 0.4) is 0 Å². The summed E-state index contributed by atoms with van der Waals surface area (Å²) in [6.07, 6.45) is 3.26. The van der Waals surface area contributed by atoms with Gasteiger partial charge in [-0.25, -0.2) is 4.79 Å². The molecule has 8 heteroatoms. The van der Waals surface area contributed by atoms with Gasteiger partial charge in [0, 0.05) is 18.3 Å². The number of aromatic amines is 1. The summed E-state index contributed by atoms with van der Waals surface area (Å²) in [4.78, 5) is 22.4. The predicted octanol–water partition coefficient (Wildman–Crippen LogP) is -0.691. The van der Waals surface area contributed by atoms with E-state index in [2.05, 4.69) is 20.8 Å². The number of hydrogen-bond donors (Lipinski definition) is 4. The van der Waals surface area contributed by atoms with Crippen molar-refractivity contribution in [3.8, 4) is 0 Å². The SMILES string of the molecule is O=C(NCc1cn[nH]c1)NC1COCC1C(=O)O. The second-order valence-corrected chi connectivity index (χ2v) is 4.02. The van der Waals surface area contributed by atoms with Crippen LogP contribution < -0.4 is 10.6 Å². The fourth-order valence-electron chi connectivity index (χ4n) is 1.72. The number of aromatic nitrogens is 2. The largest absolute Gasteiger partial charge is 0.481 e. The van der Waals surface area contributed by atoms with E-state index < -0.39 is 24.0 Å². The number of urea groups is 1. The molecular weight excluding hydrogens is 240 g/mol. The number of amides is 2. The van der Waals surface area contributed by atoms with Gasteiger partial charge in [0.05, 0.1) is 25.5 Å². The van der Waals surface area contributed by atoms with Crippen molar-refractivity contribution in [2.75, 3.05) is 13.2 Å². The maximum atomic E-state index is 11.6. The van der Waals surface area contributed by atoms with E-state index >= 15 is 0 Å². The molecule has 2 heterocycles. The highest BCUT2D eigenvalue weighted by Crippen LogP contribution is 2.13. The molecule has 1 saturated heterocycles. The van der Waals surface area contributed by atoms with Gasteiger partial charge in [0.1, 0.15) is 5.92 Å². The van der Waals surface area contributed by atoms with Crippen LogP contribution in [-0.4, -0.2) is 46.6 Å². The van der Waals surface area contributed by atoms with Crippen molar-refractivity contribution in [3.05, 3.63) is 18.0 Å². The number of aliphatic carboxylic acids is 1. The summed E-state index contributed by atoms with van der Waals surface area (Å²) in [5.41, 5.74) is 0.836. The molecule has 0 aliphatic carbocycles. The Morgan fingerprint density at radius 2 is 2.39 bits per heavy atom. The van der Waals surface area contributed by atoms with E-state index in [1.807, 2.05) is 0 Å². The Kier molecular flexibility index (Phi) is 3.78. The van der Waals surface area contributed by atoms with Crippen LogP contribution in [0.2, 0.25) is 0 Å². The van der Waals surface area contributed by atoms with Gasteiger partial charge in [-0.1, -0.05) is 0 Å². The highest BCUT2D eigenvalue weighted by atomic mass is 16.5. The molecule has 98 valence electrons. The molecule has 4 N–H and O–H groups in total. The molecule has 0 aromatic carbocycles. The third kappa shape index (κ3) is 2.98. The minimum Gasteiger partial charge on any atom is -0.481 e. The van der Waals surface area contributed by atoms with Crippen LogP contribution in [0.5, 0.6) is 0 Å². The first kappa shape index (κ1) is 12.4. The Morgan fingerprint density at radius 1 is 1.56 bits per heavy atom. The Morgan fingerprint density at radius 3 is 3.06 bits per heavy atom. The fraction of sp³-hybridized carbons (Fsp3) is 0.500. The van der Waals surface area contributed by atoms with Gasteiger partial charge in [-0.05, 0) is 0 Å². The van der Waals surface area contributed by atoms with Crippen LogP contribution in [0.15, 0.2) is 12.4 Å². The lowest BCUT2D eigenvalue weighted by molar-refractivity contribution is -0.142. The summed E-state index contributed by atoms with van der Waals surface area (Å²) in [6.45, 7) is 0.672. The van der Waals surface area contributed by atoms with E-state index in [-0.39, 0.29) is 13.2 Å². The normalized spacial score (nSPS) is 22.7. The van der Waals surface area contributed by atoms with Crippen LogP contribution in [0.4, 0.5) is 4.79 Å². The van der Waals surface area contributed by atoms with Crippen molar-refractivity contribution in [3.63, 3.8) is 0 Å². The molecule has 8 nitrogen and oxygen atoms in total. The summed E-state index contributed by atoms with van der Waals surface area (Å²) in [5, 5.41) is 20.5. The van der Waals surface area contributed by atoms with Gasteiger partial charge < -0.3 is 20.5 Å². The average Bonchev–Trinajstić information content (AvgIpc) is 2.96. The van der Waals surface area contributed by atoms with Crippen LogP contribution in [0.25, 0.3) is 0 Å². The number of rotatable bonds is 4. The zero-order valence-corrected chi connectivity index (χ0v) is 9.55. The Bertz CT molecular complexity index is 420. The molecular formula is C10H14N4O4. The summed E-state index contributed by atoms with van der Waals surface area (Å²) < 4.78 is 5.04. The summed E-state index contributed by atoms with van der Waals surface area (Å²) in [7, 11) is 0. The third-order valence-electron chi connectivity index (χ3n) is 2.72. The number of ether oxygens (including phenoxy) is 1. The molecule has 0 bridgehead atoms. The van der Waals surface area contributed by atoms with E-state index in [1.54, 1.807) is 12.4 Å². The number of nitrogens with one attached hydrogen (secondary N) is 3. The molecule has 0 radical (unpaired) electrons. The van der Waals surface area contributed by atoms with Crippen molar-refractivity contribution < 1.29 is 19.4 Å². The minimum atomic E-state index is -0.965. The first-order valence-electron chi connectivity index (χ1n) is 5.49. The smallest absolute Gasteiger partial charge is 0.315 e. The molecule has 1 aliphatic heterocycles. The van der Waals surface area contributed by atoms with Gasteiger partial charge in [-0.3, -0.25) is 9.89 Å². The second kappa shape index (κ2) is 5.50. The molecule has 2 atom stereocenters. The molecule has 1 aromatic rings. The van der Waals surface area contributed by atoms with E-state index in [1.165, 1.54) is 0 Å². The van der Waals surface area contributed by atoms with Crippen molar-refractivity contribution >= 4 is 12.0 Å². The number of carboxylic acids is 1. The number of H-pyrrole nitrogens is 1. The third-order valence-corrected chi connectivity index (χ3v) is 2.72. The quantitative estimate of drug-likeness (QED) is 0.567. The standard InChI is InChI=1S/C10H14N4O4/c15-9(16)7-4-18-5-8(7)14-10(17)11-1-6-2-12-13-3-6/h2-3,7-8H,1,4-5H2,(H,12,13)(H,15,16)(H2,11,14,17). The van der Waals surface area contributed by atoms with Crippen LogP contribution >= 0.6 is 0 Å². The lowest BCUT2D eigenvalue weighted by Gasteiger charge is -2.15. The maximum absolute atomic E-state index is 11.6. The predicted molar refractivity (Wildman–Crippen MR) is 59.7 cm³/mol. The number of carbonyl (C=O) groups is 2.